The molecule has 0 bridgehead atoms. The molecule has 0 amide bonds. The lowest BCUT2D eigenvalue weighted by Crippen LogP contribution is -2.22. The summed E-state index contributed by atoms with van der Waals surface area (Å²) in [6, 6.07) is 0. The second kappa shape index (κ2) is 2.64. The summed E-state index contributed by atoms with van der Waals surface area (Å²) in [5.74, 6) is -0.211. The first-order chi connectivity index (χ1) is 4.99. The number of hydrogen-bond donors (Lipinski definition) is 0. The first kappa shape index (κ1) is 8.23. The van der Waals surface area contributed by atoms with Gasteiger partial charge in [0.05, 0.1) is 0 Å². The SMILES string of the molecule is CN1C[C]C=C1OC(F)(F)F. The Morgan fingerprint density at radius 3 is 2.64 bits per heavy atom. The second-order valence-electron chi connectivity index (χ2n) is 2.09. The minimum atomic E-state index is -4.61. The van der Waals surface area contributed by atoms with E-state index in [-0.39, 0.29) is 5.88 Å². The lowest BCUT2D eigenvalue weighted by atomic mass is 10.5. The van der Waals surface area contributed by atoms with Crippen LogP contribution in [0.15, 0.2) is 12.0 Å². The van der Waals surface area contributed by atoms with Gasteiger partial charge in [-0.2, -0.15) is 0 Å². The molecule has 1 aliphatic heterocycles. The van der Waals surface area contributed by atoms with Crippen molar-refractivity contribution in [3.8, 4) is 0 Å². The molecule has 1 rings (SSSR count). The van der Waals surface area contributed by atoms with Crippen molar-refractivity contribution >= 4 is 0 Å². The summed E-state index contributed by atoms with van der Waals surface area (Å²) >= 11 is 0. The van der Waals surface area contributed by atoms with Gasteiger partial charge in [0.1, 0.15) is 0 Å². The third-order valence-corrected chi connectivity index (χ3v) is 1.15. The van der Waals surface area contributed by atoms with E-state index in [0.717, 1.165) is 0 Å². The van der Waals surface area contributed by atoms with E-state index in [2.05, 4.69) is 11.2 Å². The molecule has 0 saturated heterocycles. The van der Waals surface area contributed by atoms with Crippen LogP contribution in [0.4, 0.5) is 13.2 Å². The van der Waals surface area contributed by atoms with Crippen LogP contribution in [-0.4, -0.2) is 24.9 Å². The molecule has 1 heterocycles. The van der Waals surface area contributed by atoms with E-state index in [9.17, 15) is 13.2 Å². The molecule has 0 fully saturated rings. The predicted octanol–water partition coefficient (Wildman–Crippen LogP) is 1.39. The van der Waals surface area contributed by atoms with Gasteiger partial charge in [-0.1, -0.05) is 0 Å². The zero-order chi connectivity index (χ0) is 8.48. The number of halogens is 3. The van der Waals surface area contributed by atoms with Crippen LogP contribution in [0.2, 0.25) is 0 Å². The highest BCUT2D eigenvalue weighted by Gasteiger charge is 2.34. The Bertz CT molecular complexity index is 175. The molecular formula is C6H6F3NO. The van der Waals surface area contributed by atoms with Gasteiger partial charge in [-0.15, -0.1) is 13.2 Å². The molecule has 1 aliphatic rings. The lowest BCUT2D eigenvalue weighted by Gasteiger charge is -2.17. The molecule has 0 spiro atoms. The smallest absolute Gasteiger partial charge is 0.390 e. The Hall–Kier alpha value is -0.870. The summed E-state index contributed by atoms with van der Waals surface area (Å²) in [6.45, 7) is 0.339. The third kappa shape index (κ3) is 2.32. The number of nitrogens with zero attached hydrogens (tertiary/aromatic N) is 1. The molecular weight excluding hydrogens is 159 g/mol. The Morgan fingerprint density at radius 1 is 1.64 bits per heavy atom. The maximum Gasteiger partial charge on any atom is 0.574 e. The summed E-state index contributed by atoms with van der Waals surface area (Å²) in [5.41, 5.74) is 0. The van der Waals surface area contributed by atoms with Crippen molar-refractivity contribution in [2.75, 3.05) is 13.6 Å². The fourth-order valence-electron chi connectivity index (χ4n) is 0.684. The first-order valence-electron chi connectivity index (χ1n) is 2.89. The van der Waals surface area contributed by atoms with Crippen LogP contribution in [0.25, 0.3) is 0 Å². The molecule has 62 valence electrons. The average Bonchev–Trinajstić information content (AvgIpc) is 2.12. The van der Waals surface area contributed by atoms with E-state index in [4.69, 9.17) is 0 Å². The van der Waals surface area contributed by atoms with Gasteiger partial charge in [0.2, 0.25) is 0 Å². The molecule has 0 atom stereocenters. The molecule has 0 saturated carbocycles. The van der Waals surface area contributed by atoms with Crippen molar-refractivity contribution in [2.45, 2.75) is 6.36 Å². The van der Waals surface area contributed by atoms with Gasteiger partial charge in [0.25, 0.3) is 0 Å². The fourth-order valence-corrected chi connectivity index (χ4v) is 0.684. The van der Waals surface area contributed by atoms with Crippen molar-refractivity contribution in [1.29, 1.82) is 0 Å². The lowest BCUT2D eigenvalue weighted by molar-refractivity contribution is -0.312. The van der Waals surface area contributed by atoms with Gasteiger partial charge in [0, 0.05) is 20.0 Å². The van der Waals surface area contributed by atoms with E-state index in [1.54, 1.807) is 0 Å². The Morgan fingerprint density at radius 2 is 2.27 bits per heavy atom. The molecule has 11 heavy (non-hydrogen) atoms. The van der Waals surface area contributed by atoms with Crippen molar-refractivity contribution < 1.29 is 17.9 Å². The van der Waals surface area contributed by atoms with Crippen LogP contribution in [0.5, 0.6) is 0 Å². The summed E-state index contributed by atoms with van der Waals surface area (Å²) in [7, 11) is 1.50. The van der Waals surface area contributed by atoms with E-state index in [0.29, 0.717) is 6.54 Å². The summed E-state index contributed by atoms with van der Waals surface area (Å²) in [6.07, 6.45) is -0.847. The van der Waals surface area contributed by atoms with Crippen molar-refractivity contribution in [1.82, 2.24) is 4.90 Å². The van der Waals surface area contributed by atoms with E-state index >= 15 is 0 Å². The molecule has 2 nitrogen and oxygen atoms in total. The molecule has 0 unspecified atom stereocenters. The van der Waals surface area contributed by atoms with Gasteiger partial charge < -0.3 is 9.64 Å². The Labute approximate surface area is 62.2 Å². The van der Waals surface area contributed by atoms with Crippen LogP contribution >= 0.6 is 0 Å². The van der Waals surface area contributed by atoms with E-state index in [1.807, 2.05) is 0 Å². The molecule has 5 heteroatoms. The summed E-state index contributed by atoms with van der Waals surface area (Å²) < 4.78 is 38.3. The first-order valence-corrected chi connectivity index (χ1v) is 2.89. The number of hydrogen-bond acceptors (Lipinski definition) is 2. The highest BCUT2D eigenvalue weighted by molar-refractivity contribution is 5.10. The standard InChI is InChI=1S/C6H6F3NO/c1-10-4-2-3-5(10)11-6(7,8)9/h3H,4H2,1H3. The monoisotopic (exact) mass is 165 g/mol. The summed E-state index contributed by atoms with van der Waals surface area (Å²) in [5, 5.41) is 0. The van der Waals surface area contributed by atoms with Crippen LogP contribution in [0, 0.1) is 6.42 Å². The Balaban J connectivity index is 2.49. The quantitative estimate of drug-likeness (QED) is 0.582. The molecule has 0 aromatic carbocycles. The third-order valence-electron chi connectivity index (χ3n) is 1.15. The van der Waals surface area contributed by atoms with Gasteiger partial charge in [0.15, 0.2) is 5.88 Å². The highest BCUT2D eigenvalue weighted by atomic mass is 19.4. The average molecular weight is 165 g/mol. The molecule has 0 aliphatic carbocycles. The van der Waals surface area contributed by atoms with Crippen molar-refractivity contribution in [3.05, 3.63) is 18.4 Å². The zero-order valence-electron chi connectivity index (χ0n) is 5.77. The van der Waals surface area contributed by atoms with Crippen LogP contribution in [0.3, 0.4) is 0 Å². The van der Waals surface area contributed by atoms with Crippen molar-refractivity contribution in [2.24, 2.45) is 0 Å². The minimum absolute atomic E-state index is 0.211. The topological polar surface area (TPSA) is 12.5 Å². The minimum Gasteiger partial charge on any atom is -0.390 e. The molecule has 0 aromatic rings. The second-order valence-corrected chi connectivity index (χ2v) is 2.09. The highest BCUT2D eigenvalue weighted by Crippen LogP contribution is 2.24. The molecule has 0 N–H and O–H groups in total. The molecule has 0 aromatic heterocycles. The number of ether oxygens (including phenoxy) is 1. The predicted molar refractivity (Wildman–Crippen MR) is 31.1 cm³/mol. The van der Waals surface area contributed by atoms with Gasteiger partial charge in [-0.3, -0.25) is 0 Å². The number of rotatable bonds is 1. The van der Waals surface area contributed by atoms with E-state index in [1.165, 1.54) is 18.0 Å². The van der Waals surface area contributed by atoms with Crippen LogP contribution in [0.1, 0.15) is 0 Å². The van der Waals surface area contributed by atoms with Gasteiger partial charge >= 0.3 is 6.36 Å². The fraction of sp³-hybridized carbons (Fsp3) is 0.500. The maximum atomic E-state index is 11.6. The van der Waals surface area contributed by atoms with Crippen LogP contribution < -0.4 is 0 Å². The van der Waals surface area contributed by atoms with Gasteiger partial charge in [-0.25, -0.2) is 0 Å². The largest absolute Gasteiger partial charge is 0.574 e. The van der Waals surface area contributed by atoms with Gasteiger partial charge in [-0.05, 0) is 6.08 Å². The summed E-state index contributed by atoms with van der Waals surface area (Å²) in [4.78, 5) is 1.31. The maximum absolute atomic E-state index is 11.6. The number of alkyl halides is 3. The van der Waals surface area contributed by atoms with E-state index < -0.39 is 6.36 Å². The molecule has 2 radical (unpaired) electrons. The Kier molecular flexibility index (Phi) is 1.97. The van der Waals surface area contributed by atoms with Crippen molar-refractivity contribution in [3.63, 3.8) is 0 Å². The zero-order valence-corrected chi connectivity index (χ0v) is 5.77. The normalized spacial score (nSPS) is 18.5. The van der Waals surface area contributed by atoms with Crippen LogP contribution in [-0.2, 0) is 4.74 Å².